The highest BCUT2D eigenvalue weighted by Crippen LogP contribution is 2.39. The summed E-state index contributed by atoms with van der Waals surface area (Å²) in [5.74, 6) is 1.30. The standard InChI is InChI=1S/C18H27ClO/c1-3-4-5-14-7-10-15(11-8-14)18(20)16-9-6-13(2)17(19)12-16/h6,9,12,14-15,18,20H,3-5,7-8,10-11H2,1-2H3. The summed E-state index contributed by atoms with van der Waals surface area (Å²) in [4.78, 5) is 0. The van der Waals surface area contributed by atoms with E-state index < -0.39 is 0 Å². The lowest BCUT2D eigenvalue weighted by Gasteiger charge is -2.31. The van der Waals surface area contributed by atoms with Crippen molar-refractivity contribution in [2.24, 2.45) is 11.8 Å². The number of halogens is 1. The molecule has 1 atom stereocenters. The Morgan fingerprint density at radius 2 is 1.95 bits per heavy atom. The van der Waals surface area contributed by atoms with Crippen LogP contribution < -0.4 is 0 Å². The van der Waals surface area contributed by atoms with Crippen molar-refractivity contribution in [1.82, 2.24) is 0 Å². The third-order valence-electron chi connectivity index (χ3n) is 4.84. The Bertz CT molecular complexity index is 421. The lowest BCUT2D eigenvalue weighted by molar-refractivity contribution is 0.0720. The Morgan fingerprint density at radius 3 is 2.55 bits per heavy atom. The van der Waals surface area contributed by atoms with Gasteiger partial charge in [-0.05, 0) is 48.8 Å². The summed E-state index contributed by atoms with van der Waals surface area (Å²) >= 11 is 6.17. The van der Waals surface area contributed by atoms with Gasteiger partial charge in [0.2, 0.25) is 0 Å². The highest BCUT2D eigenvalue weighted by Gasteiger charge is 2.27. The first-order valence-electron chi connectivity index (χ1n) is 8.06. The van der Waals surface area contributed by atoms with Crippen LogP contribution in [0.1, 0.15) is 69.1 Å². The largest absolute Gasteiger partial charge is 0.388 e. The molecule has 1 aliphatic carbocycles. The topological polar surface area (TPSA) is 20.2 Å². The molecule has 1 aromatic rings. The number of benzene rings is 1. The summed E-state index contributed by atoms with van der Waals surface area (Å²) < 4.78 is 0. The van der Waals surface area contributed by atoms with Gasteiger partial charge in [-0.15, -0.1) is 0 Å². The molecule has 1 nitrogen and oxygen atoms in total. The zero-order valence-electron chi connectivity index (χ0n) is 12.7. The minimum absolute atomic E-state index is 0.347. The summed E-state index contributed by atoms with van der Waals surface area (Å²) in [7, 11) is 0. The number of rotatable bonds is 5. The van der Waals surface area contributed by atoms with Crippen molar-refractivity contribution in [2.45, 2.75) is 64.9 Å². The highest BCUT2D eigenvalue weighted by molar-refractivity contribution is 6.31. The molecule has 1 aromatic carbocycles. The molecule has 112 valence electrons. The van der Waals surface area contributed by atoms with E-state index in [1.807, 2.05) is 25.1 Å². The summed E-state index contributed by atoms with van der Waals surface area (Å²) in [5.41, 5.74) is 2.06. The Kier molecular flexibility index (Phi) is 5.92. The molecule has 1 saturated carbocycles. The van der Waals surface area contributed by atoms with E-state index in [0.717, 1.165) is 34.9 Å². The molecule has 0 aliphatic heterocycles. The van der Waals surface area contributed by atoms with Crippen LogP contribution in [-0.2, 0) is 0 Å². The fourth-order valence-corrected chi connectivity index (χ4v) is 3.54. The Hall–Kier alpha value is -0.530. The third-order valence-corrected chi connectivity index (χ3v) is 5.25. The molecular formula is C18H27ClO. The van der Waals surface area contributed by atoms with Crippen LogP contribution in [0.2, 0.25) is 5.02 Å². The van der Waals surface area contributed by atoms with Crippen molar-refractivity contribution in [3.8, 4) is 0 Å². The molecule has 0 saturated heterocycles. The van der Waals surface area contributed by atoms with Gasteiger partial charge in [-0.2, -0.15) is 0 Å². The molecule has 2 heteroatoms. The first-order chi connectivity index (χ1) is 9.61. The van der Waals surface area contributed by atoms with Gasteiger partial charge >= 0.3 is 0 Å². The van der Waals surface area contributed by atoms with Gasteiger partial charge in [-0.3, -0.25) is 0 Å². The van der Waals surface area contributed by atoms with Crippen molar-refractivity contribution in [2.75, 3.05) is 0 Å². The van der Waals surface area contributed by atoms with Crippen molar-refractivity contribution < 1.29 is 5.11 Å². The van der Waals surface area contributed by atoms with Crippen molar-refractivity contribution in [3.63, 3.8) is 0 Å². The maximum atomic E-state index is 10.6. The minimum atomic E-state index is -0.347. The Balaban J connectivity index is 1.91. The molecular weight excluding hydrogens is 268 g/mol. The second-order valence-corrected chi connectivity index (χ2v) is 6.78. The van der Waals surface area contributed by atoms with E-state index in [2.05, 4.69) is 6.92 Å². The van der Waals surface area contributed by atoms with E-state index in [4.69, 9.17) is 11.6 Å². The first kappa shape index (κ1) is 15.9. The summed E-state index contributed by atoms with van der Waals surface area (Å²) in [6.07, 6.45) is 8.54. The normalized spacial score (nSPS) is 24.6. The van der Waals surface area contributed by atoms with Crippen LogP contribution in [0, 0.1) is 18.8 Å². The second-order valence-electron chi connectivity index (χ2n) is 6.38. The quantitative estimate of drug-likeness (QED) is 0.741. The second kappa shape index (κ2) is 7.47. The molecule has 0 radical (unpaired) electrons. The van der Waals surface area contributed by atoms with Gasteiger partial charge in [-0.25, -0.2) is 0 Å². The highest BCUT2D eigenvalue weighted by atomic mass is 35.5. The number of unbranched alkanes of at least 4 members (excludes halogenated alkanes) is 1. The zero-order chi connectivity index (χ0) is 14.5. The SMILES string of the molecule is CCCCC1CCC(C(O)c2ccc(C)c(Cl)c2)CC1. The van der Waals surface area contributed by atoms with Gasteiger partial charge in [-0.1, -0.05) is 62.8 Å². The molecule has 0 amide bonds. The fourth-order valence-electron chi connectivity index (χ4n) is 3.35. The van der Waals surface area contributed by atoms with Gasteiger partial charge in [0.1, 0.15) is 0 Å². The van der Waals surface area contributed by atoms with Crippen LogP contribution in [0.3, 0.4) is 0 Å². The molecule has 0 bridgehead atoms. The first-order valence-corrected chi connectivity index (χ1v) is 8.43. The van der Waals surface area contributed by atoms with Gasteiger partial charge in [0.05, 0.1) is 6.10 Å². The fraction of sp³-hybridized carbons (Fsp3) is 0.667. The predicted molar refractivity (Wildman–Crippen MR) is 86.1 cm³/mol. The van der Waals surface area contributed by atoms with E-state index in [1.54, 1.807) is 0 Å². The van der Waals surface area contributed by atoms with Crippen molar-refractivity contribution >= 4 is 11.6 Å². The molecule has 20 heavy (non-hydrogen) atoms. The molecule has 1 fully saturated rings. The molecule has 1 unspecified atom stereocenters. The number of hydrogen-bond acceptors (Lipinski definition) is 1. The smallest absolute Gasteiger partial charge is 0.0818 e. The Labute approximate surface area is 128 Å². The summed E-state index contributed by atoms with van der Waals surface area (Å²) in [6, 6.07) is 5.97. The van der Waals surface area contributed by atoms with Gasteiger partial charge < -0.3 is 5.11 Å². The van der Waals surface area contributed by atoms with Gasteiger partial charge in [0.15, 0.2) is 0 Å². The Morgan fingerprint density at radius 1 is 1.25 bits per heavy atom. The molecule has 0 heterocycles. The summed E-state index contributed by atoms with van der Waals surface area (Å²) in [5, 5.41) is 11.3. The van der Waals surface area contributed by atoms with E-state index in [0.29, 0.717) is 5.92 Å². The van der Waals surface area contributed by atoms with Crippen molar-refractivity contribution in [3.05, 3.63) is 34.3 Å². The number of aliphatic hydroxyl groups is 1. The number of aliphatic hydroxyl groups excluding tert-OH is 1. The lowest BCUT2D eigenvalue weighted by atomic mass is 9.76. The summed E-state index contributed by atoms with van der Waals surface area (Å²) in [6.45, 7) is 4.26. The third kappa shape index (κ3) is 3.99. The molecule has 0 spiro atoms. The predicted octanol–water partition coefficient (Wildman–Crippen LogP) is 5.68. The molecule has 2 rings (SSSR count). The maximum absolute atomic E-state index is 10.6. The van der Waals surface area contributed by atoms with E-state index in [1.165, 1.54) is 32.1 Å². The number of hydrogen-bond donors (Lipinski definition) is 1. The van der Waals surface area contributed by atoms with Gasteiger partial charge in [0.25, 0.3) is 0 Å². The average molecular weight is 295 g/mol. The van der Waals surface area contributed by atoms with Crippen LogP contribution in [0.4, 0.5) is 0 Å². The number of aryl methyl sites for hydroxylation is 1. The lowest BCUT2D eigenvalue weighted by Crippen LogP contribution is -2.20. The van der Waals surface area contributed by atoms with Crippen LogP contribution >= 0.6 is 11.6 Å². The van der Waals surface area contributed by atoms with Crippen LogP contribution in [0.15, 0.2) is 18.2 Å². The van der Waals surface area contributed by atoms with E-state index >= 15 is 0 Å². The van der Waals surface area contributed by atoms with Crippen molar-refractivity contribution in [1.29, 1.82) is 0 Å². The minimum Gasteiger partial charge on any atom is -0.388 e. The molecule has 1 aliphatic rings. The van der Waals surface area contributed by atoms with E-state index in [-0.39, 0.29) is 6.10 Å². The van der Waals surface area contributed by atoms with Crippen LogP contribution in [-0.4, -0.2) is 5.11 Å². The monoisotopic (exact) mass is 294 g/mol. The van der Waals surface area contributed by atoms with Gasteiger partial charge in [0, 0.05) is 5.02 Å². The van der Waals surface area contributed by atoms with Crippen LogP contribution in [0.5, 0.6) is 0 Å². The average Bonchev–Trinajstić information content (AvgIpc) is 2.48. The van der Waals surface area contributed by atoms with E-state index in [9.17, 15) is 5.11 Å². The zero-order valence-corrected chi connectivity index (χ0v) is 13.5. The molecule has 1 N–H and O–H groups in total. The van der Waals surface area contributed by atoms with Crippen LogP contribution in [0.25, 0.3) is 0 Å². The maximum Gasteiger partial charge on any atom is 0.0818 e. The molecule has 0 aromatic heterocycles.